The van der Waals surface area contributed by atoms with Crippen molar-refractivity contribution < 1.29 is 24.5 Å². The van der Waals surface area contributed by atoms with E-state index >= 15 is 0 Å². The van der Waals surface area contributed by atoms with E-state index in [4.69, 9.17) is 9.84 Å². The van der Waals surface area contributed by atoms with Crippen LogP contribution in [-0.2, 0) is 16.1 Å². The number of thiophene rings is 1. The molecule has 2 unspecified atom stereocenters. The van der Waals surface area contributed by atoms with Gasteiger partial charge in [0.25, 0.3) is 0 Å². The Labute approximate surface area is 187 Å². The lowest BCUT2D eigenvalue weighted by Gasteiger charge is -2.35. The number of hydrogen-bond acceptors (Lipinski definition) is 5. The molecule has 3 rings (SSSR count). The van der Waals surface area contributed by atoms with E-state index < -0.39 is 12.1 Å². The fraction of sp³-hybridized carbons (Fsp3) is 0.500. The molecule has 1 aromatic carbocycles. The van der Waals surface area contributed by atoms with Gasteiger partial charge in [0.05, 0.1) is 25.4 Å². The molecule has 0 bridgehead atoms. The van der Waals surface area contributed by atoms with Gasteiger partial charge in [-0.1, -0.05) is 38.3 Å². The minimum atomic E-state index is -0.931. The van der Waals surface area contributed by atoms with Crippen LogP contribution in [0.15, 0.2) is 36.4 Å². The van der Waals surface area contributed by atoms with Crippen molar-refractivity contribution in [1.82, 2.24) is 0 Å². The van der Waals surface area contributed by atoms with Crippen molar-refractivity contribution in [3.05, 3.63) is 51.7 Å². The number of nitrogens with zero attached hydrogens (tertiary/aromatic N) is 1. The summed E-state index contributed by atoms with van der Waals surface area (Å²) in [6.07, 6.45) is 5.72. The van der Waals surface area contributed by atoms with Gasteiger partial charge in [0, 0.05) is 17.0 Å². The van der Waals surface area contributed by atoms with E-state index in [0.29, 0.717) is 24.5 Å². The van der Waals surface area contributed by atoms with Crippen LogP contribution in [0.1, 0.15) is 78.1 Å². The molecule has 1 aliphatic heterocycles. The number of unbranched alkanes of at least 4 members (excludes halogenated alkanes) is 2. The predicted molar refractivity (Wildman–Crippen MR) is 122 cm³/mol. The quantitative estimate of drug-likeness (QED) is 0.466. The number of anilines is 1. The first-order valence-electron chi connectivity index (χ1n) is 11.0. The number of carbonyl (C=O) groups is 2. The van der Waals surface area contributed by atoms with Crippen LogP contribution in [-0.4, -0.2) is 34.7 Å². The van der Waals surface area contributed by atoms with Crippen LogP contribution in [0.3, 0.4) is 0 Å². The minimum absolute atomic E-state index is 0.0551. The van der Waals surface area contributed by atoms with Crippen molar-refractivity contribution in [3.63, 3.8) is 0 Å². The van der Waals surface area contributed by atoms with Crippen LogP contribution >= 0.6 is 11.3 Å². The second-order valence-corrected chi connectivity index (χ2v) is 9.17. The number of amides is 1. The largest absolute Gasteiger partial charge is 0.477 e. The minimum Gasteiger partial charge on any atom is -0.477 e. The van der Waals surface area contributed by atoms with Crippen molar-refractivity contribution in [2.24, 2.45) is 0 Å². The molecule has 1 aliphatic rings. The van der Waals surface area contributed by atoms with E-state index in [2.05, 4.69) is 6.92 Å². The van der Waals surface area contributed by atoms with E-state index in [0.717, 1.165) is 54.7 Å². The van der Waals surface area contributed by atoms with Crippen LogP contribution in [0.25, 0.3) is 0 Å². The summed E-state index contributed by atoms with van der Waals surface area (Å²) in [5.41, 5.74) is 1.70. The molecule has 7 heteroatoms. The van der Waals surface area contributed by atoms with Crippen LogP contribution in [0.5, 0.6) is 0 Å². The molecule has 0 radical (unpaired) electrons. The molecule has 168 valence electrons. The maximum Gasteiger partial charge on any atom is 0.345 e. The molecule has 1 fully saturated rings. The third kappa shape index (κ3) is 6.38. The van der Waals surface area contributed by atoms with Gasteiger partial charge in [-0.3, -0.25) is 4.79 Å². The van der Waals surface area contributed by atoms with E-state index in [-0.39, 0.29) is 11.9 Å². The van der Waals surface area contributed by atoms with Crippen molar-refractivity contribution in [3.8, 4) is 0 Å². The van der Waals surface area contributed by atoms with Crippen molar-refractivity contribution in [2.45, 2.75) is 70.6 Å². The Hall–Kier alpha value is -2.22. The second-order valence-electron chi connectivity index (χ2n) is 8.00. The molecule has 2 atom stereocenters. The lowest BCUT2D eigenvalue weighted by molar-refractivity contribution is -0.120. The van der Waals surface area contributed by atoms with Crippen LogP contribution in [0.2, 0.25) is 0 Å². The molecule has 2 N–H and O–H groups in total. The zero-order valence-electron chi connectivity index (χ0n) is 18.0. The highest BCUT2D eigenvalue weighted by Crippen LogP contribution is 2.29. The number of hydrogen-bond donors (Lipinski definition) is 2. The zero-order chi connectivity index (χ0) is 22.2. The summed E-state index contributed by atoms with van der Waals surface area (Å²) in [5, 5.41) is 19.4. The average molecular weight is 446 g/mol. The smallest absolute Gasteiger partial charge is 0.345 e. The van der Waals surface area contributed by atoms with Crippen molar-refractivity contribution >= 4 is 28.9 Å². The average Bonchev–Trinajstić information content (AvgIpc) is 3.23. The summed E-state index contributed by atoms with van der Waals surface area (Å²) in [4.78, 5) is 26.6. The van der Waals surface area contributed by atoms with Gasteiger partial charge in [-0.25, -0.2) is 4.79 Å². The lowest BCUT2D eigenvalue weighted by Crippen LogP contribution is -2.46. The highest BCUT2D eigenvalue weighted by atomic mass is 32.1. The lowest BCUT2D eigenvalue weighted by atomic mass is 9.99. The first-order chi connectivity index (χ1) is 15.0. The molecule has 31 heavy (non-hydrogen) atoms. The molecule has 2 heterocycles. The Balaban J connectivity index is 1.60. The van der Waals surface area contributed by atoms with Crippen molar-refractivity contribution in [1.29, 1.82) is 0 Å². The molecule has 1 aromatic heterocycles. The number of carboxylic acids is 1. The van der Waals surface area contributed by atoms with Gasteiger partial charge in [0.2, 0.25) is 5.91 Å². The third-order valence-electron chi connectivity index (χ3n) is 5.63. The second kappa shape index (κ2) is 11.4. The summed E-state index contributed by atoms with van der Waals surface area (Å²) in [5.74, 6) is -0.848. The summed E-state index contributed by atoms with van der Waals surface area (Å²) in [6, 6.07) is 10.9. The number of benzene rings is 1. The highest BCUT2D eigenvalue weighted by molar-refractivity contribution is 7.13. The third-order valence-corrected chi connectivity index (χ3v) is 6.67. The van der Waals surface area contributed by atoms with Gasteiger partial charge < -0.3 is 19.8 Å². The molecule has 6 nitrogen and oxygen atoms in total. The van der Waals surface area contributed by atoms with Gasteiger partial charge >= 0.3 is 5.97 Å². The Kier molecular flexibility index (Phi) is 8.63. The monoisotopic (exact) mass is 445 g/mol. The van der Waals surface area contributed by atoms with Gasteiger partial charge in [0.15, 0.2) is 0 Å². The number of ether oxygens (including phenoxy) is 1. The fourth-order valence-electron chi connectivity index (χ4n) is 3.93. The number of carboxylic acid groups (broad SMARTS) is 1. The molecule has 1 saturated heterocycles. The summed E-state index contributed by atoms with van der Waals surface area (Å²) < 4.78 is 5.85. The molecule has 1 amide bonds. The normalized spacial score (nSPS) is 17.7. The first kappa shape index (κ1) is 23.4. The molecule has 0 aliphatic carbocycles. The Morgan fingerprint density at radius 2 is 2.00 bits per heavy atom. The summed E-state index contributed by atoms with van der Waals surface area (Å²) >= 11 is 1.21. The number of rotatable bonds is 11. The van der Waals surface area contributed by atoms with Gasteiger partial charge in [0.1, 0.15) is 4.88 Å². The van der Waals surface area contributed by atoms with E-state index in [1.165, 1.54) is 11.3 Å². The van der Waals surface area contributed by atoms with E-state index in [9.17, 15) is 14.7 Å². The highest BCUT2D eigenvalue weighted by Gasteiger charge is 2.29. The number of carbonyl (C=O) groups excluding carboxylic acids is 1. The van der Waals surface area contributed by atoms with Crippen molar-refractivity contribution in [2.75, 3.05) is 11.5 Å². The number of aliphatic hydroxyl groups is 1. The zero-order valence-corrected chi connectivity index (χ0v) is 18.8. The van der Waals surface area contributed by atoms with Gasteiger partial charge in [-0.05, 0) is 49.1 Å². The van der Waals surface area contributed by atoms with Gasteiger partial charge in [-0.15, -0.1) is 11.3 Å². The Bertz CT molecular complexity index is 863. The standard InChI is InChI=1S/C24H31NO5S/c1-2-3-4-7-21(26)17-9-11-18(12-10-17)25-19(6-5-8-23(25)27)15-30-16-20-13-14-22(31-20)24(28)29/h9-14,19,21,26H,2-8,15-16H2,1H3,(H,28,29). The Morgan fingerprint density at radius 1 is 1.23 bits per heavy atom. The van der Waals surface area contributed by atoms with Gasteiger partial charge in [-0.2, -0.15) is 0 Å². The summed E-state index contributed by atoms with van der Waals surface area (Å²) in [7, 11) is 0. The van der Waals surface area contributed by atoms with Crippen LogP contribution in [0.4, 0.5) is 5.69 Å². The topological polar surface area (TPSA) is 87.1 Å². The first-order valence-corrected chi connectivity index (χ1v) is 11.8. The SMILES string of the molecule is CCCCCC(O)c1ccc(N2C(=O)CCCC2COCc2ccc(C(=O)O)s2)cc1. The number of aromatic carboxylic acids is 1. The van der Waals surface area contributed by atoms with E-state index in [1.807, 2.05) is 29.2 Å². The fourth-order valence-corrected chi connectivity index (χ4v) is 4.72. The number of piperidine rings is 1. The van der Waals surface area contributed by atoms with Crippen LogP contribution < -0.4 is 4.90 Å². The van der Waals surface area contributed by atoms with E-state index in [1.54, 1.807) is 12.1 Å². The maximum atomic E-state index is 12.7. The maximum absolute atomic E-state index is 12.7. The summed E-state index contributed by atoms with van der Waals surface area (Å²) in [6.45, 7) is 2.87. The molecule has 0 saturated carbocycles. The number of aliphatic hydroxyl groups excluding tert-OH is 1. The molecule has 0 spiro atoms. The molecular formula is C24H31NO5S. The molecular weight excluding hydrogens is 414 g/mol. The predicted octanol–water partition coefficient (Wildman–Crippen LogP) is 5.16. The molecule has 2 aromatic rings. The Morgan fingerprint density at radius 3 is 2.68 bits per heavy atom. The van der Waals surface area contributed by atoms with Crippen LogP contribution in [0, 0.1) is 0 Å².